The quantitative estimate of drug-likeness (QED) is 0.803. The van der Waals surface area contributed by atoms with Crippen molar-refractivity contribution in [3.8, 4) is 11.4 Å². The molecule has 0 aliphatic carbocycles. The molecule has 18 heavy (non-hydrogen) atoms. The molecule has 0 N–H and O–H groups in total. The van der Waals surface area contributed by atoms with Crippen LogP contribution in [0.15, 0.2) is 36.7 Å². The third-order valence-electron chi connectivity index (χ3n) is 2.45. The third kappa shape index (κ3) is 2.46. The van der Waals surface area contributed by atoms with Crippen LogP contribution in [0.1, 0.15) is 5.56 Å². The van der Waals surface area contributed by atoms with Gasteiger partial charge < -0.3 is 9.30 Å². The van der Waals surface area contributed by atoms with Gasteiger partial charge in [-0.1, -0.05) is 11.6 Å². The lowest BCUT2D eigenvalue weighted by atomic mass is 10.2. The lowest BCUT2D eigenvalue weighted by molar-refractivity contribution is -0.137. The molecule has 0 radical (unpaired) electrons. The Morgan fingerprint density at radius 3 is 2.44 bits per heavy atom. The second kappa shape index (κ2) is 4.57. The van der Waals surface area contributed by atoms with Crippen LogP contribution in [0.2, 0.25) is 5.02 Å². The average molecular weight is 276 g/mol. The number of ether oxygens (including phenoxy) is 1. The molecule has 0 unspecified atom stereocenters. The number of hydrogen-bond donors (Lipinski definition) is 0. The van der Waals surface area contributed by atoms with E-state index < -0.39 is 11.7 Å². The first kappa shape index (κ1) is 12.8. The monoisotopic (exact) mass is 275 g/mol. The zero-order valence-corrected chi connectivity index (χ0v) is 10.1. The number of nitrogens with zero attached hydrogens (tertiary/aromatic N) is 1. The fourth-order valence-electron chi connectivity index (χ4n) is 1.54. The average Bonchev–Trinajstić information content (AvgIpc) is 2.76. The van der Waals surface area contributed by atoms with Crippen molar-refractivity contribution in [3.63, 3.8) is 0 Å². The summed E-state index contributed by atoms with van der Waals surface area (Å²) in [5.74, 6) is 0.603. The van der Waals surface area contributed by atoms with Gasteiger partial charge in [0.1, 0.15) is 5.75 Å². The lowest BCUT2D eigenvalue weighted by Gasteiger charge is -2.10. The number of aromatic nitrogens is 1. The molecule has 2 aromatic rings. The van der Waals surface area contributed by atoms with Gasteiger partial charge in [-0.15, -0.1) is 0 Å². The minimum absolute atomic E-state index is 0.0306. The normalized spacial score (nSPS) is 11.6. The highest BCUT2D eigenvalue weighted by atomic mass is 35.5. The van der Waals surface area contributed by atoms with Gasteiger partial charge in [0, 0.05) is 6.20 Å². The van der Waals surface area contributed by atoms with E-state index in [9.17, 15) is 13.2 Å². The highest BCUT2D eigenvalue weighted by molar-refractivity contribution is 6.32. The van der Waals surface area contributed by atoms with Crippen LogP contribution in [-0.2, 0) is 6.18 Å². The number of hydrogen-bond acceptors (Lipinski definition) is 1. The summed E-state index contributed by atoms with van der Waals surface area (Å²) >= 11 is 5.86. The predicted molar refractivity (Wildman–Crippen MR) is 62.3 cm³/mol. The van der Waals surface area contributed by atoms with Crippen LogP contribution in [0, 0.1) is 0 Å². The summed E-state index contributed by atoms with van der Waals surface area (Å²) in [5, 5.41) is 0.0306. The molecule has 0 atom stereocenters. The molecule has 0 spiro atoms. The summed E-state index contributed by atoms with van der Waals surface area (Å²) in [6, 6.07) is 4.91. The van der Waals surface area contributed by atoms with E-state index in [2.05, 4.69) is 0 Å². The summed E-state index contributed by atoms with van der Waals surface area (Å²) in [6.07, 6.45) is -1.10. The lowest BCUT2D eigenvalue weighted by Crippen LogP contribution is -2.05. The third-order valence-corrected chi connectivity index (χ3v) is 2.76. The van der Waals surface area contributed by atoms with Gasteiger partial charge in [-0.2, -0.15) is 13.2 Å². The highest BCUT2D eigenvalue weighted by Gasteiger charge is 2.30. The molecule has 1 heterocycles. The van der Waals surface area contributed by atoms with Gasteiger partial charge in [0.2, 0.25) is 0 Å². The zero-order valence-electron chi connectivity index (χ0n) is 9.33. The van der Waals surface area contributed by atoms with E-state index in [4.69, 9.17) is 16.3 Å². The van der Waals surface area contributed by atoms with Crippen LogP contribution < -0.4 is 4.74 Å². The Kier molecular flexibility index (Phi) is 3.26. The van der Waals surface area contributed by atoms with Gasteiger partial charge in [0.25, 0.3) is 0 Å². The van der Waals surface area contributed by atoms with E-state index in [0.717, 1.165) is 12.1 Å². The standard InChI is InChI=1S/C12H9ClF3NO/c1-18-9-4-5-17(7-9)11-3-2-8(6-10(11)13)12(14,15)16/h2-7H,1H3. The first-order valence-electron chi connectivity index (χ1n) is 5.01. The Hall–Kier alpha value is -1.62. The maximum atomic E-state index is 12.5. The van der Waals surface area contributed by atoms with Crippen LogP contribution >= 0.6 is 11.6 Å². The molecule has 0 aliphatic rings. The van der Waals surface area contributed by atoms with Crippen molar-refractivity contribution < 1.29 is 17.9 Å². The van der Waals surface area contributed by atoms with Crippen molar-refractivity contribution in [2.24, 2.45) is 0 Å². The summed E-state index contributed by atoms with van der Waals surface area (Å²) in [6.45, 7) is 0. The van der Waals surface area contributed by atoms with Crippen LogP contribution in [0.25, 0.3) is 5.69 Å². The van der Waals surface area contributed by atoms with E-state index in [0.29, 0.717) is 11.4 Å². The van der Waals surface area contributed by atoms with Gasteiger partial charge in [0.15, 0.2) is 0 Å². The van der Waals surface area contributed by atoms with E-state index >= 15 is 0 Å². The summed E-state index contributed by atoms with van der Waals surface area (Å²) in [7, 11) is 1.51. The summed E-state index contributed by atoms with van der Waals surface area (Å²) in [4.78, 5) is 0. The second-order valence-corrected chi connectivity index (χ2v) is 4.03. The molecule has 0 bridgehead atoms. The van der Waals surface area contributed by atoms with Crippen LogP contribution in [0.5, 0.6) is 5.75 Å². The molecule has 6 heteroatoms. The largest absolute Gasteiger partial charge is 0.495 e. The fourth-order valence-corrected chi connectivity index (χ4v) is 1.82. The molecule has 2 rings (SSSR count). The molecule has 96 valence electrons. The van der Waals surface area contributed by atoms with E-state index in [-0.39, 0.29) is 5.02 Å². The fraction of sp³-hybridized carbons (Fsp3) is 0.167. The van der Waals surface area contributed by atoms with Crippen LogP contribution in [-0.4, -0.2) is 11.7 Å². The van der Waals surface area contributed by atoms with Crippen LogP contribution in [0.4, 0.5) is 13.2 Å². The molecule has 0 saturated carbocycles. The van der Waals surface area contributed by atoms with Gasteiger partial charge >= 0.3 is 6.18 Å². The Bertz CT molecular complexity index is 563. The SMILES string of the molecule is COc1ccn(-c2ccc(C(F)(F)F)cc2Cl)c1. The summed E-state index contributed by atoms with van der Waals surface area (Å²) < 4.78 is 44.0. The smallest absolute Gasteiger partial charge is 0.416 e. The van der Waals surface area contributed by atoms with Gasteiger partial charge in [-0.05, 0) is 24.3 Å². The van der Waals surface area contributed by atoms with E-state index in [1.807, 2.05) is 0 Å². The van der Waals surface area contributed by atoms with Crippen molar-refractivity contribution >= 4 is 11.6 Å². The Morgan fingerprint density at radius 2 is 1.94 bits per heavy atom. The number of benzene rings is 1. The topological polar surface area (TPSA) is 14.2 Å². The molecule has 1 aromatic heterocycles. The number of halogens is 4. The maximum Gasteiger partial charge on any atom is 0.416 e. The molecule has 0 aliphatic heterocycles. The minimum atomic E-state index is -4.39. The van der Waals surface area contributed by atoms with Crippen molar-refractivity contribution in [1.29, 1.82) is 0 Å². The van der Waals surface area contributed by atoms with E-state index in [1.165, 1.54) is 13.2 Å². The van der Waals surface area contributed by atoms with E-state index in [1.54, 1.807) is 23.0 Å². The molecule has 0 saturated heterocycles. The van der Waals surface area contributed by atoms with Crippen molar-refractivity contribution in [2.75, 3.05) is 7.11 Å². The number of alkyl halides is 3. The Morgan fingerprint density at radius 1 is 1.22 bits per heavy atom. The minimum Gasteiger partial charge on any atom is -0.495 e. The van der Waals surface area contributed by atoms with Gasteiger partial charge in [-0.25, -0.2) is 0 Å². The maximum absolute atomic E-state index is 12.5. The molecule has 2 nitrogen and oxygen atoms in total. The van der Waals surface area contributed by atoms with Crippen molar-refractivity contribution in [1.82, 2.24) is 4.57 Å². The highest BCUT2D eigenvalue weighted by Crippen LogP contribution is 2.33. The molecule has 1 aromatic carbocycles. The number of rotatable bonds is 2. The van der Waals surface area contributed by atoms with Crippen molar-refractivity contribution in [2.45, 2.75) is 6.18 Å². The first-order valence-corrected chi connectivity index (χ1v) is 5.38. The van der Waals surface area contributed by atoms with Crippen molar-refractivity contribution in [3.05, 3.63) is 47.2 Å². The Labute approximate surface area is 107 Å². The summed E-state index contributed by atoms with van der Waals surface area (Å²) in [5.41, 5.74) is -0.302. The second-order valence-electron chi connectivity index (χ2n) is 3.62. The molecular formula is C12H9ClF3NO. The predicted octanol–water partition coefficient (Wildman–Crippen LogP) is 4.16. The zero-order chi connectivity index (χ0) is 13.3. The number of methoxy groups -OCH3 is 1. The molecular weight excluding hydrogens is 267 g/mol. The first-order chi connectivity index (χ1) is 8.41. The molecule has 0 amide bonds. The molecule has 0 fully saturated rings. The van der Waals surface area contributed by atoms with Gasteiger partial charge in [0.05, 0.1) is 29.6 Å². The van der Waals surface area contributed by atoms with Gasteiger partial charge in [-0.3, -0.25) is 0 Å². The van der Waals surface area contributed by atoms with Crippen LogP contribution in [0.3, 0.4) is 0 Å². The Balaban J connectivity index is 2.41.